The van der Waals surface area contributed by atoms with E-state index in [2.05, 4.69) is 22.8 Å². The van der Waals surface area contributed by atoms with Crippen LogP contribution in [0.5, 0.6) is 0 Å². The van der Waals surface area contributed by atoms with Crippen LogP contribution >= 0.6 is 0 Å². The molecule has 9 heteroatoms. The van der Waals surface area contributed by atoms with E-state index >= 15 is 0 Å². The van der Waals surface area contributed by atoms with Crippen molar-refractivity contribution in [2.24, 2.45) is 0 Å². The van der Waals surface area contributed by atoms with Gasteiger partial charge in [-0.05, 0) is 0 Å². The molecule has 0 aromatic carbocycles. The van der Waals surface area contributed by atoms with Crippen molar-refractivity contribution in [1.29, 1.82) is 0 Å². The Morgan fingerprint density at radius 2 is 2.05 bits per heavy atom. The van der Waals surface area contributed by atoms with Crippen LogP contribution < -0.4 is 0 Å². The first kappa shape index (κ1) is 22.2. The predicted molar refractivity (Wildman–Crippen MR) is 75.6 cm³/mol. The van der Waals surface area contributed by atoms with Crippen molar-refractivity contribution in [2.75, 3.05) is 13.1 Å². The molecule has 125 valence electrons. The summed E-state index contributed by atoms with van der Waals surface area (Å²) in [5.74, 6) is -1.47. The van der Waals surface area contributed by atoms with E-state index in [9.17, 15) is 10.0 Å². The van der Waals surface area contributed by atoms with Crippen LogP contribution in [0.1, 0.15) is 25.7 Å². The molecule has 2 aliphatic rings. The number of carboxylic acid groups (broad SMARTS) is 1. The van der Waals surface area contributed by atoms with Gasteiger partial charge < -0.3 is 26.4 Å². The maximum Gasteiger partial charge on any atom is 2.00 e. The normalized spacial score (nSPS) is 24.7. The van der Waals surface area contributed by atoms with Crippen molar-refractivity contribution < 1.29 is 42.6 Å². The molecule has 0 bridgehead atoms. The van der Waals surface area contributed by atoms with Gasteiger partial charge >= 0.3 is 29.3 Å². The van der Waals surface area contributed by atoms with Gasteiger partial charge in [0.15, 0.2) is 0 Å². The van der Waals surface area contributed by atoms with Gasteiger partial charge in [-0.3, -0.25) is 5.21 Å². The van der Waals surface area contributed by atoms with Crippen molar-refractivity contribution >= 4 is 12.2 Å². The van der Waals surface area contributed by atoms with E-state index in [1.165, 1.54) is 19.3 Å². The first-order valence-electron chi connectivity index (χ1n) is 6.32. The predicted octanol–water partition coefficient (Wildman–Crippen LogP) is 0.732. The fourth-order valence-electron chi connectivity index (χ4n) is 2.03. The monoisotopic (exact) mass is 351 g/mol. The molecule has 8 nitrogen and oxygen atoms in total. The van der Waals surface area contributed by atoms with Gasteiger partial charge in [0.2, 0.25) is 0 Å². The van der Waals surface area contributed by atoms with Crippen molar-refractivity contribution in [3.63, 3.8) is 0 Å². The van der Waals surface area contributed by atoms with E-state index < -0.39 is 10.9 Å². The van der Waals surface area contributed by atoms with Crippen LogP contribution in [-0.2, 0) is 27.3 Å². The summed E-state index contributed by atoms with van der Waals surface area (Å²) in [4.78, 5) is 8.58. The van der Waals surface area contributed by atoms with E-state index in [0.717, 1.165) is 19.5 Å². The molecule has 0 spiro atoms. The van der Waals surface area contributed by atoms with E-state index in [0.29, 0.717) is 12.1 Å². The second-order valence-corrected chi connectivity index (χ2v) is 4.35. The van der Waals surface area contributed by atoms with Gasteiger partial charge in [0, 0.05) is 4.90 Å². The van der Waals surface area contributed by atoms with Gasteiger partial charge in [-0.15, -0.1) is 31.2 Å². The number of hydrogen-bond acceptors (Lipinski definition) is 3. The fraction of sp³-hybridized carbons (Fsp3) is 0.667. The van der Waals surface area contributed by atoms with Crippen molar-refractivity contribution in [2.45, 2.75) is 37.8 Å². The van der Waals surface area contributed by atoms with E-state index in [-0.39, 0.29) is 28.8 Å². The van der Waals surface area contributed by atoms with Gasteiger partial charge in [-0.1, -0.05) is 31.8 Å². The van der Waals surface area contributed by atoms with Crippen molar-refractivity contribution in [1.82, 2.24) is 0 Å². The molecule has 0 aromatic heterocycles. The number of hydrogen-bond donors (Lipinski definition) is 2. The zero-order valence-electron chi connectivity index (χ0n) is 11.6. The Morgan fingerprint density at radius 1 is 1.33 bits per heavy atom. The Hall–Kier alpha value is -1.12. The molecule has 2 rings (SSSR count). The third kappa shape index (κ3) is 10.3. The molecule has 1 fully saturated rings. The first-order chi connectivity index (χ1) is 9.09. The minimum absolute atomic E-state index is 0. The zero-order valence-corrected chi connectivity index (χ0v) is 12.5. The number of piperidine rings is 1. The largest absolute Gasteiger partial charge is 2.00 e. The SMILES string of the molecule is C1=CC(C2CCCC[N-]2)[N-]CC1.O=C(O)C=[N+]([O-])O.[Cu+2].[OH3+]. The maximum absolute atomic E-state index is 9.35. The molecule has 5 N–H and O–H groups in total. The Kier molecular flexibility index (Phi) is 13.3. The molecule has 2 unspecified atom stereocenters. The van der Waals surface area contributed by atoms with Gasteiger partial charge in [0.25, 0.3) is 0 Å². The zero-order chi connectivity index (χ0) is 14.1. The second-order valence-electron chi connectivity index (χ2n) is 4.35. The molecule has 2 atom stereocenters. The minimum atomic E-state index is -1.47. The molecule has 1 radical (unpaired) electrons. The van der Waals surface area contributed by atoms with Crippen LogP contribution in [0.25, 0.3) is 10.6 Å². The summed E-state index contributed by atoms with van der Waals surface area (Å²) < 4.78 is 0. The van der Waals surface area contributed by atoms with E-state index in [4.69, 9.17) is 10.3 Å². The molecular formula is C12H22CuN3O5+. The summed E-state index contributed by atoms with van der Waals surface area (Å²) in [7, 11) is 0. The average molecular weight is 352 g/mol. The average Bonchev–Trinajstić information content (AvgIpc) is 2.40. The van der Waals surface area contributed by atoms with Gasteiger partial charge in [-0.25, -0.2) is 4.79 Å². The summed E-state index contributed by atoms with van der Waals surface area (Å²) in [6.45, 7) is 2.07. The van der Waals surface area contributed by atoms with Gasteiger partial charge in [0.1, 0.15) is 0 Å². The van der Waals surface area contributed by atoms with Crippen LogP contribution in [0.2, 0.25) is 0 Å². The third-order valence-corrected chi connectivity index (χ3v) is 2.86. The van der Waals surface area contributed by atoms with Crippen molar-refractivity contribution in [3.8, 4) is 0 Å². The van der Waals surface area contributed by atoms with Crippen LogP contribution in [-0.4, -0.2) is 52.6 Å². The molecule has 21 heavy (non-hydrogen) atoms. The summed E-state index contributed by atoms with van der Waals surface area (Å²) in [5, 5.41) is 33.7. The van der Waals surface area contributed by atoms with Crippen LogP contribution in [0.4, 0.5) is 0 Å². The smallest absolute Gasteiger partial charge is 0.660 e. The molecule has 0 amide bonds. The number of aliphatic carboxylic acids is 1. The first-order valence-corrected chi connectivity index (χ1v) is 6.32. The second kappa shape index (κ2) is 12.6. The molecule has 0 saturated carbocycles. The number of carbonyl (C=O) groups is 1. The quantitative estimate of drug-likeness (QED) is 0.144. The van der Waals surface area contributed by atoms with Gasteiger partial charge in [0.05, 0.1) is 0 Å². The molecule has 2 heterocycles. The van der Waals surface area contributed by atoms with Crippen LogP contribution in [0.3, 0.4) is 0 Å². The Balaban J connectivity index is 0. The number of nitrogens with zero attached hydrogens (tertiary/aromatic N) is 3. The summed E-state index contributed by atoms with van der Waals surface area (Å²) in [6.07, 6.45) is 9.58. The van der Waals surface area contributed by atoms with Crippen LogP contribution in [0, 0.1) is 5.21 Å². The van der Waals surface area contributed by atoms with Gasteiger partial charge in [-0.2, -0.15) is 0 Å². The molecule has 2 aliphatic heterocycles. The van der Waals surface area contributed by atoms with E-state index in [1.54, 1.807) is 0 Å². The minimum Gasteiger partial charge on any atom is -0.660 e. The molecular weight excluding hydrogens is 330 g/mol. The Labute approximate surface area is 134 Å². The molecule has 0 aromatic rings. The Bertz CT molecular complexity index is 342. The summed E-state index contributed by atoms with van der Waals surface area (Å²) >= 11 is 0. The summed E-state index contributed by atoms with van der Waals surface area (Å²) in [5.41, 5.74) is 0. The van der Waals surface area contributed by atoms with Crippen LogP contribution in [0.15, 0.2) is 12.2 Å². The maximum atomic E-state index is 9.35. The molecule has 0 aliphatic carbocycles. The van der Waals surface area contributed by atoms with E-state index in [1.807, 2.05) is 0 Å². The molecule has 1 saturated heterocycles. The number of carboxylic acids is 1. The topological polar surface area (TPSA) is 145 Å². The van der Waals surface area contributed by atoms with Crippen molar-refractivity contribution in [3.05, 3.63) is 28.0 Å². The fourth-order valence-corrected chi connectivity index (χ4v) is 2.03. The standard InChI is InChI=1S/C10H16N2.C2H3NO4.Cu.H2O/c1-3-7-11-9(5-1)10-6-2-4-8-12-10;4-2(5)1-3(6)7;;/h1,5,9-10H,2-4,6-8H2;1H,(H,4,5)(H,6,7);;1H2/q-2;;+2;/p+1. The third-order valence-electron chi connectivity index (χ3n) is 2.86. The Morgan fingerprint density at radius 3 is 2.43 bits per heavy atom. The number of rotatable bonds is 2. The summed E-state index contributed by atoms with van der Waals surface area (Å²) in [6, 6.07) is 0.925.